The highest BCUT2D eigenvalue weighted by Crippen LogP contribution is 2.35. The summed E-state index contributed by atoms with van der Waals surface area (Å²) in [6, 6.07) is 78.8. The number of hydrogen-bond acceptors (Lipinski definition) is 28. The number of aliphatic imine (C=N–C) groups is 2. The van der Waals surface area contributed by atoms with Crippen molar-refractivity contribution >= 4 is 128 Å². The Kier molecular flexibility index (Phi) is 32.3. The Morgan fingerprint density at radius 3 is 1.24 bits per heavy atom. The van der Waals surface area contributed by atoms with Crippen LogP contribution in [0.25, 0.3) is 54.2 Å². The molecule has 0 aliphatic carbocycles. The van der Waals surface area contributed by atoms with Crippen molar-refractivity contribution in [2.75, 3.05) is 6.67 Å². The molecule has 15 aromatic rings. The Balaban J connectivity index is 0.000000135. The Morgan fingerprint density at radius 1 is 0.421 bits per heavy atom. The number of hydrogen-bond donors (Lipinski definition) is 5. The Hall–Kier alpha value is -13.2. The number of azo groups is 1. The van der Waals surface area contributed by atoms with Crippen molar-refractivity contribution in [1.82, 2.24) is 55.3 Å². The number of rotatable bonds is 23. The normalized spacial score (nSPS) is 11.5. The van der Waals surface area contributed by atoms with E-state index in [0.29, 0.717) is 101 Å². The molecule has 5 N–H and O–H groups in total. The summed E-state index contributed by atoms with van der Waals surface area (Å²) in [6.45, 7) is 10.3. The van der Waals surface area contributed by atoms with E-state index >= 15 is 0 Å². The highest BCUT2D eigenvalue weighted by molar-refractivity contribution is 7.99. The van der Waals surface area contributed by atoms with Crippen LogP contribution in [0.3, 0.4) is 0 Å². The average molecular weight is 1850 g/mol. The second kappa shape index (κ2) is 44.9. The van der Waals surface area contributed by atoms with Crippen LogP contribution in [-0.4, -0.2) is 68.2 Å². The molecule has 0 spiro atoms. The standard InChI is InChI=1S/C19H14ClN3S.C19H13N5O2S2.C18H15ClN2OS.C18H12N6OS2.C18H15N3OS2/c1-13-6-5-7-14(10-13)12-24-19-22-17(15-8-3-2-4-9-15)16(11-21)18(20)23-19;1-11-21-17(24-26-11)13-5-2-4-12(8-13)10-28-19-22-16(15-6-3-7-27-15)14(9-20)18(25)23-19;1-12-6-5-7-13(10-12)11-23-18-20-16(15(19)17(22)21-18)14-8-3-2-4-9-14;19-8-13-15(14-5-2-6-26-14)22-18(23-17(13)25)27-9-11-3-1-4-12(7-11)16-20-10-21-24-16;1-2-12-5-3-6-13(9-12)11-24-18-20-16(15-7-4-8-23-15)14(10-19)17(22)21-18/h2-10H,12H2,1H3;2-8H,1,10H2,(H,21,24)(H,22,23,25);2-10H,11H2,1H3,(H,20,21,22);1-7H,9-10H2,(H,22,23,25);3-9H,2,11H2,1H3,(H,20,21,22). The first-order chi connectivity index (χ1) is 61.4. The monoisotopic (exact) mass is 1850 g/mol. The van der Waals surface area contributed by atoms with E-state index in [9.17, 15) is 40.2 Å². The number of H-pyrrole nitrogens is 4. The molecule has 0 radical (unpaired) electrons. The Bertz CT molecular complexity index is 6960. The van der Waals surface area contributed by atoms with Gasteiger partial charge in [0.15, 0.2) is 49.3 Å². The van der Waals surface area contributed by atoms with E-state index in [4.69, 9.17) is 28.0 Å². The molecule has 624 valence electrons. The van der Waals surface area contributed by atoms with Crippen LogP contribution in [0.2, 0.25) is 10.2 Å². The van der Waals surface area contributed by atoms with Gasteiger partial charge in [-0.05, 0) is 107 Å². The molecular weight excluding hydrogens is 1780 g/mol. The number of nitrogens with zero attached hydrogens (tertiary/aromatic N) is 14. The lowest BCUT2D eigenvalue weighted by atomic mass is 10.1. The zero-order chi connectivity index (χ0) is 88.3. The lowest BCUT2D eigenvalue weighted by Crippen LogP contribution is -2.17. The van der Waals surface area contributed by atoms with Crippen LogP contribution < -0.4 is 27.7 Å². The first-order valence-electron chi connectivity index (χ1n) is 38.2. The molecule has 2 aliphatic heterocycles. The number of nitriles is 4. The molecule has 0 atom stereocenters. The summed E-state index contributed by atoms with van der Waals surface area (Å²) in [6.07, 6.45) is 0.993. The second-order valence-corrected chi connectivity index (χ2v) is 35.2. The van der Waals surface area contributed by atoms with Crippen molar-refractivity contribution in [3.8, 4) is 78.5 Å². The smallest absolute Gasteiger partial charge is 0.270 e. The van der Waals surface area contributed by atoms with Gasteiger partial charge in [0.2, 0.25) is 5.88 Å². The van der Waals surface area contributed by atoms with Crippen LogP contribution in [0, 0.1) is 59.2 Å². The van der Waals surface area contributed by atoms with Gasteiger partial charge in [0, 0.05) is 51.0 Å². The summed E-state index contributed by atoms with van der Waals surface area (Å²) in [4.78, 5) is 102. The topological polar surface area (TPSA) is 375 Å². The molecule has 7 aromatic carbocycles. The van der Waals surface area contributed by atoms with E-state index in [2.05, 4.69) is 164 Å². The predicted molar refractivity (Wildman–Crippen MR) is 506 cm³/mol. The van der Waals surface area contributed by atoms with Gasteiger partial charge >= 0.3 is 0 Å². The molecule has 0 saturated heterocycles. The van der Waals surface area contributed by atoms with E-state index in [0.717, 1.165) is 65.9 Å². The summed E-state index contributed by atoms with van der Waals surface area (Å²) in [5.41, 5.74) is 16.8. The predicted octanol–water partition coefficient (Wildman–Crippen LogP) is 21.4. The van der Waals surface area contributed by atoms with Gasteiger partial charge in [-0.25, -0.2) is 40.4 Å². The van der Waals surface area contributed by atoms with Crippen LogP contribution >= 0.6 is 116 Å². The fourth-order valence-electron chi connectivity index (χ4n) is 12.0. The third-order valence-corrected chi connectivity index (χ3v) is 25.9. The number of halogens is 2. The molecule has 0 unspecified atom stereocenters. The minimum absolute atomic E-state index is 0.0272. The van der Waals surface area contributed by atoms with Crippen LogP contribution in [-0.2, 0) is 40.0 Å². The minimum Gasteiger partial charge on any atom is -0.361 e. The van der Waals surface area contributed by atoms with Crippen molar-refractivity contribution in [3.05, 3.63) is 376 Å². The van der Waals surface area contributed by atoms with E-state index in [-0.39, 0.29) is 38.0 Å². The lowest BCUT2D eigenvalue weighted by Gasteiger charge is -2.08. The van der Waals surface area contributed by atoms with Crippen molar-refractivity contribution in [2.45, 2.75) is 81.7 Å². The van der Waals surface area contributed by atoms with Gasteiger partial charge in [0.1, 0.15) is 68.6 Å². The fraction of sp³-hybridized carbons (Fsp3) is 0.109. The number of benzene rings is 7. The molecular formula is C92H69Cl2N19O5S8. The van der Waals surface area contributed by atoms with Gasteiger partial charge in [0.05, 0.1) is 26.0 Å². The number of thiophene rings is 3. The molecule has 0 amide bonds. The molecule has 126 heavy (non-hydrogen) atoms. The fourth-order valence-corrected chi connectivity index (χ4v) is 18.6. The van der Waals surface area contributed by atoms with Gasteiger partial charge in [-0.15, -0.1) is 39.1 Å². The molecule has 17 rings (SSSR count). The quantitative estimate of drug-likeness (QED) is 0.0226. The third kappa shape index (κ3) is 24.7. The van der Waals surface area contributed by atoms with Crippen LogP contribution in [0.4, 0.5) is 0 Å². The van der Waals surface area contributed by atoms with E-state index < -0.39 is 11.1 Å². The van der Waals surface area contributed by atoms with Gasteiger partial charge in [0.25, 0.3) is 22.2 Å². The number of amidine groups is 2. The maximum atomic E-state index is 12.3. The maximum absolute atomic E-state index is 12.3. The van der Waals surface area contributed by atoms with E-state index in [1.54, 1.807) is 0 Å². The molecule has 0 fully saturated rings. The molecule has 34 heteroatoms. The number of aromatic amines is 4. The van der Waals surface area contributed by atoms with Gasteiger partial charge in [-0.2, -0.15) is 31.2 Å². The van der Waals surface area contributed by atoms with E-state index in [1.165, 1.54) is 126 Å². The van der Waals surface area contributed by atoms with Gasteiger partial charge in [-0.1, -0.05) is 288 Å². The van der Waals surface area contributed by atoms with E-state index in [1.807, 2.05) is 198 Å². The van der Waals surface area contributed by atoms with Crippen LogP contribution in [0.5, 0.6) is 0 Å². The van der Waals surface area contributed by atoms with Crippen LogP contribution in [0.1, 0.15) is 84.8 Å². The van der Waals surface area contributed by atoms with Crippen molar-refractivity contribution in [3.63, 3.8) is 0 Å². The molecule has 0 saturated carbocycles. The summed E-state index contributed by atoms with van der Waals surface area (Å²) in [5, 5.41) is 53.7. The average Bonchev–Trinajstić information content (AvgIpc) is 1.13. The maximum Gasteiger partial charge on any atom is 0.270 e. The van der Waals surface area contributed by atoms with Gasteiger partial charge in [-0.3, -0.25) is 19.2 Å². The first-order valence-corrected chi connectivity index (χ1v) is 46.5. The Morgan fingerprint density at radius 2 is 0.817 bits per heavy atom. The van der Waals surface area contributed by atoms with Crippen molar-refractivity contribution < 1.29 is 4.84 Å². The summed E-state index contributed by atoms with van der Waals surface area (Å²) < 4.78 is 0. The first kappa shape index (κ1) is 90.5. The third-order valence-electron chi connectivity index (χ3n) is 18.0. The SMILES string of the molecule is C=C1N=C(c2cccc(CSc3nc(-c4cccs4)c(C#N)c(=O)[nH]3)c2)NO1.CCc1cccc(CSc2nc(-c3cccs3)c(C#N)c(=O)[nH]2)c1.Cc1cccc(CSc2nc(-c3ccccc3)c(Cl)c(=O)[nH]2)c1.Cc1cccc(CSc2nc(Cl)c(C#N)c(-c3ccccc3)n2)c1.N#Cc1c(-c2cccs2)nc(SCc2cccc(C3=NCN=N3)c2)[nH]c1=O. The Labute approximate surface area is 766 Å². The summed E-state index contributed by atoms with van der Waals surface area (Å²) >= 11 is 23.9. The number of aromatic nitrogens is 10. The second-order valence-electron chi connectivity index (χ2n) is 26.9. The largest absolute Gasteiger partial charge is 0.361 e. The van der Waals surface area contributed by atoms with Gasteiger partial charge < -0.3 is 24.8 Å². The molecule has 8 aromatic heterocycles. The van der Waals surface area contributed by atoms with Crippen molar-refractivity contribution in [1.29, 1.82) is 21.0 Å². The van der Waals surface area contributed by atoms with Crippen LogP contribution in [0.15, 0.2) is 312 Å². The number of hydroxylamine groups is 1. The molecule has 2 aliphatic rings. The highest BCUT2D eigenvalue weighted by atomic mass is 35.5. The summed E-state index contributed by atoms with van der Waals surface area (Å²) in [7, 11) is 0. The number of thioether (sulfide) groups is 5. The molecule has 24 nitrogen and oxygen atoms in total. The highest BCUT2D eigenvalue weighted by Gasteiger charge is 2.22. The molecule has 10 heterocycles. The lowest BCUT2D eigenvalue weighted by molar-refractivity contribution is 0.179. The number of nitrogens with one attached hydrogen (secondary N) is 5. The summed E-state index contributed by atoms with van der Waals surface area (Å²) in [5.74, 6) is 4.94. The minimum atomic E-state index is -0.433. The molecule has 0 bridgehead atoms. The zero-order valence-corrected chi connectivity index (χ0v) is 75.0. The number of aryl methyl sites for hydroxylation is 3. The zero-order valence-electron chi connectivity index (χ0n) is 67.0. The van der Waals surface area contributed by atoms with Crippen molar-refractivity contribution in [2.24, 2.45) is 20.2 Å².